The van der Waals surface area contributed by atoms with Crippen LogP contribution in [0, 0.1) is 11.3 Å². The topological polar surface area (TPSA) is 109 Å². The molecule has 0 aliphatic heterocycles. The van der Waals surface area contributed by atoms with Gasteiger partial charge in [0.15, 0.2) is 11.5 Å². The first kappa shape index (κ1) is 24.7. The van der Waals surface area contributed by atoms with Gasteiger partial charge in [0.2, 0.25) is 0 Å². The number of nitriles is 1. The molecule has 0 aliphatic rings. The highest BCUT2D eigenvalue weighted by molar-refractivity contribution is 9.10. The van der Waals surface area contributed by atoms with E-state index in [0.29, 0.717) is 39.4 Å². The van der Waals surface area contributed by atoms with Crippen molar-refractivity contribution in [1.82, 2.24) is 15.3 Å². The lowest BCUT2D eigenvalue weighted by Crippen LogP contribution is -2.23. The maximum Gasteiger partial charge on any atom is 0.262 e. The molecule has 4 rings (SSSR count). The third-order valence-corrected chi connectivity index (χ3v) is 6.05. The van der Waals surface area contributed by atoms with E-state index >= 15 is 0 Å². The Labute approximate surface area is 216 Å². The molecule has 0 radical (unpaired) electrons. The first-order valence-electron chi connectivity index (χ1n) is 10.9. The molecule has 1 heterocycles. The van der Waals surface area contributed by atoms with Crippen LogP contribution in [0.4, 0.5) is 11.5 Å². The molecule has 3 aromatic carbocycles. The predicted molar refractivity (Wildman–Crippen MR) is 142 cm³/mol. The van der Waals surface area contributed by atoms with Crippen molar-refractivity contribution in [3.63, 3.8) is 0 Å². The molecule has 0 aliphatic carbocycles. The van der Waals surface area contributed by atoms with Gasteiger partial charge in [0.1, 0.15) is 23.8 Å². The van der Waals surface area contributed by atoms with Crippen LogP contribution >= 0.6 is 15.9 Å². The minimum absolute atomic E-state index is 0.00942. The number of rotatable bonds is 8. The maximum atomic E-state index is 12.5. The quantitative estimate of drug-likeness (QED) is 0.227. The van der Waals surface area contributed by atoms with Gasteiger partial charge in [-0.15, -0.1) is 0 Å². The van der Waals surface area contributed by atoms with Crippen molar-refractivity contribution in [3.8, 4) is 17.6 Å². The summed E-state index contributed by atoms with van der Waals surface area (Å²) >= 11 is 3.54. The fourth-order valence-electron chi connectivity index (χ4n) is 3.52. The molecule has 0 spiro atoms. The Hall–Kier alpha value is -4.42. The van der Waals surface area contributed by atoms with Gasteiger partial charge in [-0.2, -0.15) is 5.26 Å². The molecule has 0 bridgehead atoms. The van der Waals surface area contributed by atoms with Crippen LogP contribution in [0.1, 0.15) is 11.1 Å². The average Bonchev–Trinajstić information content (AvgIpc) is 2.91. The summed E-state index contributed by atoms with van der Waals surface area (Å²) < 4.78 is 11.5. The normalized spacial score (nSPS) is 11.0. The van der Waals surface area contributed by atoms with Gasteiger partial charge < -0.3 is 20.1 Å². The zero-order valence-electron chi connectivity index (χ0n) is 19.6. The minimum atomic E-state index is -0.438. The average molecular weight is 544 g/mol. The van der Waals surface area contributed by atoms with Gasteiger partial charge in [0.05, 0.1) is 19.7 Å². The molecule has 0 atom stereocenters. The van der Waals surface area contributed by atoms with Crippen LogP contribution in [0.3, 0.4) is 0 Å². The van der Waals surface area contributed by atoms with Crippen molar-refractivity contribution >= 4 is 50.3 Å². The first-order valence-corrected chi connectivity index (χ1v) is 11.7. The number of methoxy groups -OCH3 is 2. The highest BCUT2D eigenvalue weighted by Gasteiger charge is 2.13. The lowest BCUT2D eigenvalue weighted by molar-refractivity contribution is -0.117. The van der Waals surface area contributed by atoms with Gasteiger partial charge in [0.25, 0.3) is 5.91 Å². The number of fused-ring (bicyclic) bond motifs is 1. The lowest BCUT2D eigenvalue weighted by atomic mass is 10.1. The van der Waals surface area contributed by atoms with Gasteiger partial charge in [-0.3, -0.25) is 4.79 Å². The Morgan fingerprint density at radius 1 is 1.06 bits per heavy atom. The molecule has 1 amide bonds. The van der Waals surface area contributed by atoms with Crippen LogP contribution in [0.25, 0.3) is 17.0 Å². The SMILES string of the molecule is COc1cc2ncnc(Nc3ccc(/C=C(\C#N)C(=O)NCc4ccccc4)c(Br)c3)c2cc1OC. The second kappa shape index (κ2) is 11.3. The number of carbonyl (C=O) groups excluding carboxylic acids is 1. The number of carbonyl (C=O) groups is 1. The molecule has 8 nitrogen and oxygen atoms in total. The summed E-state index contributed by atoms with van der Waals surface area (Å²) in [6.45, 7) is 0.340. The summed E-state index contributed by atoms with van der Waals surface area (Å²) in [6, 6.07) is 20.6. The molecule has 0 saturated heterocycles. The van der Waals surface area contributed by atoms with E-state index in [-0.39, 0.29) is 5.57 Å². The van der Waals surface area contributed by atoms with Crippen molar-refractivity contribution in [2.45, 2.75) is 6.54 Å². The monoisotopic (exact) mass is 543 g/mol. The smallest absolute Gasteiger partial charge is 0.262 e. The second-order valence-corrected chi connectivity index (χ2v) is 8.50. The van der Waals surface area contributed by atoms with Crippen molar-refractivity contribution in [2.75, 3.05) is 19.5 Å². The lowest BCUT2D eigenvalue weighted by Gasteiger charge is -2.12. The van der Waals surface area contributed by atoms with Crippen LogP contribution in [0.5, 0.6) is 11.5 Å². The zero-order valence-corrected chi connectivity index (χ0v) is 21.2. The number of hydrogen-bond acceptors (Lipinski definition) is 7. The molecule has 0 fully saturated rings. The van der Waals surface area contributed by atoms with Crippen LogP contribution in [-0.2, 0) is 11.3 Å². The van der Waals surface area contributed by atoms with E-state index in [2.05, 4.69) is 36.5 Å². The van der Waals surface area contributed by atoms with E-state index in [9.17, 15) is 10.1 Å². The van der Waals surface area contributed by atoms with Crippen molar-refractivity contribution in [3.05, 3.63) is 88.2 Å². The third kappa shape index (κ3) is 5.62. The van der Waals surface area contributed by atoms with Crippen molar-refractivity contribution in [1.29, 1.82) is 5.26 Å². The van der Waals surface area contributed by atoms with Crippen LogP contribution in [0.15, 0.2) is 77.0 Å². The number of hydrogen-bond donors (Lipinski definition) is 2. The molecule has 36 heavy (non-hydrogen) atoms. The Balaban J connectivity index is 1.54. The Morgan fingerprint density at radius 3 is 2.50 bits per heavy atom. The number of anilines is 2. The van der Waals surface area contributed by atoms with Crippen LogP contribution in [-0.4, -0.2) is 30.1 Å². The van der Waals surface area contributed by atoms with Gasteiger partial charge in [-0.1, -0.05) is 52.3 Å². The van der Waals surface area contributed by atoms with Gasteiger partial charge in [-0.25, -0.2) is 9.97 Å². The number of nitrogens with zero attached hydrogens (tertiary/aromatic N) is 3. The Kier molecular flexibility index (Phi) is 7.78. The molecule has 0 saturated carbocycles. The highest BCUT2D eigenvalue weighted by Crippen LogP contribution is 2.35. The summed E-state index contributed by atoms with van der Waals surface area (Å²) in [6.07, 6.45) is 3.02. The molecular weight excluding hydrogens is 522 g/mol. The van der Waals surface area contributed by atoms with E-state index < -0.39 is 5.91 Å². The summed E-state index contributed by atoms with van der Waals surface area (Å²) in [4.78, 5) is 21.2. The van der Waals surface area contributed by atoms with E-state index in [1.54, 1.807) is 32.4 Å². The Morgan fingerprint density at radius 2 is 1.81 bits per heavy atom. The van der Waals surface area contributed by atoms with Crippen molar-refractivity contribution in [2.24, 2.45) is 0 Å². The molecule has 180 valence electrons. The highest BCUT2D eigenvalue weighted by atomic mass is 79.9. The van der Waals surface area contributed by atoms with E-state index in [1.165, 1.54) is 6.33 Å². The van der Waals surface area contributed by atoms with Crippen molar-refractivity contribution < 1.29 is 14.3 Å². The second-order valence-electron chi connectivity index (χ2n) is 7.65. The van der Waals surface area contributed by atoms with E-state index in [0.717, 1.165) is 16.6 Å². The number of aromatic nitrogens is 2. The molecule has 0 unspecified atom stereocenters. The molecule has 4 aromatic rings. The maximum absolute atomic E-state index is 12.5. The molecule has 9 heteroatoms. The zero-order chi connectivity index (χ0) is 25.5. The summed E-state index contributed by atoms with van der Waals surface area (Å²) in [7, 11) is 3.14. The van der Waals surface area contributed by atoms with Crippen LogP contribution in [0.2, 0.25) is 0 Å². The van der Waals surface area contributed by atoms with E-state index in [4.69, 9.17) is 9.47 Å². The van der Waals surface area contributed by atoms with Gasteiger partial charge in [0, 0.05) is 28.2 Å². The number of halogens is 1. The molecular formula is C27H22BrN5O3. The number of amides is 1. The minimum Gasteiger partial charge on any atom is -0.493 e. The summed E-state index contributed by atoms with van der Waals surface area (Å²) in [5, 5.41) is 16.4. The third-order valence-electron chi connectivity index (χ3n) is 5.36. The number of benzene rings is 3. The van der Waals surface area contributed by atoms with Crippen LogP contribution < -0.4 is 20.1 Å². The fourth-order valence-corrected chi connectivity index (χ4v) is 4.01. The van der Waals surface area contributed by atoms with Gasteiger partial charge >= 0.3 is 0 Å². The number of nitrogens with one attached hydrogen (secondary N) is 2. The first-order chi connectivity index (χ1) is 17.5. The molecule has 2 N–H and O–H groups in total. The Bertz CT molecular complexity index is 1480. The summed E-state index contributed by atoms with van der Waals surface area (Å²) in [5.41, 5.74) is 3.10. The molecule has 1 aromatic heterocycles. The number of ether oxygens (including phenoxy) is 2. The summed E-state index contributed by atoms with van der Waals surface area (Å²) in [5.74, 6) is 1.30. The largest absolute Gasteiger partial charge is 0.493 e. The predicted octanol–water partition coefficient (Wildman–Crippen LogP) is 5.38. The van der Waals surface area contributed by atoms with E-state index in [1.807, 2.05) is 54.6 Å². The van der Waals surface area contributed by atoms with Gasteiger partial charge in [-0.05, 0) is 35.4 Å². The fraction of sp³-hybridized carbons (Fsp3) is 0.111. The standard InChI is InChI=1S/C27H22BrN5O3/c1-35-24-12-21-23(13-25(24)36-2)31-16-32-26(21)33-20-9-8-18(22(28)11-20)10-19(14-29)27(34)30-15-17-6-4-3-5-7-17/h3-13,16H,15H2,1-2H3,(H,30,34)(H,31,32,33)/b19-10+.